The number of hydrogen-bond donors (Lipinski definition) is 2. The maximum Gasteiger partial charge on any atom is 0.314 e. The molecule has 0 bridgehead atoms. The van der Waals surface area contributed by atoms with E-state index in [-0.39, 0.29) is 30.0 Å². The Balaban J connectivity index is 1.59. The normalized spacial score (nSPS) is 36.9. The minimum absolute atomic E-state index is 0.0303. The highest BCUT2D eigenvalue weighted by atomic mass is 16.7. The lowest BCUT2D eigenvalue weighted by Gasteiger charge is -2.55. The molecular weight excluding hydrogens is 372 g/mol. The zero-order valence-corrected chi connectivity index (χ0v) is 17.0. The van der Waals surface area contributed by atoms with Crippen molar-refractivity contribution in [2.45, 2.75) is 37.9 Å². The van der Waals surface area contributed by atoms with E-state index in [2.05, 4.69) is 22.0 Å². The second kappa shape index (κ2) is 7.09. The Morgan fingerprint density at radius 1 is 1.31 bits per heavy atom. The first-order valence-electron chi connectivity index (χ1n) is 10.3. The topological polar surface area (TPSA) is 84.0 Å². The third-order valence-electron chi connectivity index (χ3n) is 7.21. The van der Waals surface area contributed by atoms with Crippen molar-refractivity contribution in [3.8, 4) is 0 Å². The average Bonchev–Trinajstić information content (AvgIpc) is 3.12. The Kier molecular flexibility index (Phi) is 4.66. The number of nitrogens with one attached hydrogen (secondary N) is 1. The molecule has 1 aromatic heterocycles. The number of esters is 1. The fraction of sp³-hybridized carbons (Fsp3) is 0.591. The number of fused-ring (bicyclic) bond motifs is 6. The first-order valence-corrected chi connectivity index (χ1v) is 10.3. The van der Waals surface area contributed by atoms with Crippen LogP contribution in [0.4, 0.5) is 0 Å². The number of aliphatic hydroxyl groups is 1. The molecule has 2 N–H and O–H groups in total. The highest BCUT2D eigenvalue weighted by molar-refractivity contribution is 5.85. The molecule has 4 heterocycles. The second-order valence-electron chi connectivity index (χ2n) is 8.48. The van der Waals surface area contributed by atoms with E-state index in [1.165, 1.54) is 25.2 Å². The number of piperidine rings is 1. The molecule has 2 aromatic rings. The van der Waals surface area contributed by atoms with Crippen molar-refractivity contribution in [2.24, 2.45) is 17.8 Å². The number of benzene rings is 1. The molecule has 29 heavy (non-hydrogen) atoms. The van der Waals surface area contributed by atoms with Crippen LogP contribution in [0.5, 0.6) is 0 Å². The Bertz CT molecular complexity index is 927. The quantitative estimate of drug-likeness (QED) is 0.749. The van der Waals surface area contributed by atoms with E-state index >= 15 is 0 Å². The fourth-order valence-corrected chi connectivity index (χ4v) is 5.89. The summed E-state index contributed by atoms with van der Waals surface area (Å²) < 4.78 is 16.6. The lowest BCUT2D eigenvalue weighted by molar-refractivity contribution is -0.271. The Morgan fingerprint density at radius 3 is 2.86 bits per heavy atom. The molecular formula is C22H28N2O5. The molecule has 0 radical (unpaired) electrons. The summed E-state index contributed by atoms with van der Waals surface area (Å²) in [5.41, 5.74) is 3.44. The summed E-state index contributed by atoms with van der Waals surface area (Å²) in [5, 5.41) is 12.9. The first kappa shape index (κ1) is 19.1. The molecule has 7 heteroatoms. The zero-order chi connectivity index (χ0) is 20.3. The number of rotatable bonds is 2. The van der Waals surface area contributed by atoms with Crippen molar-refractivity contribution in [1.82, 2.24) is 9.88 Å². The molecule has 1 aromatic carbocycles. The van der Waals surface area contributed by atoms with Crippen molar-refractivity contribution in [2.75, 3.05) is 27.3 Å². The van der Waals surface area contributed by atoms with Crippen LogP contribution >= 0.6 is 0 Å². The van der Waals surface area contributed by atoms with Gasteiger partial charge in [-0.3, -0.25) is 9.69 Å². The molecule has 0 unspecified atom stereocenters. The van der Waals surface area contributed by atoms with Gasteiger partial charge in [0, 0.05) is 48.6 Å². The van der Waals surface area contributed by atoms with Crippen molar-refractivity contribution >= 4 is 16.9 Å². The van der Waals surface area contributed by atoms with Crippen molar-refractivity contribution in [3.05, 3.63) is 35.5 Å². The van der Waals surface area contributed by atoms with Crippen molar-refractivity contribution < 1.29 is 24.1 Å². The first-order chi connectivity index (χ1) is 14.0. The highest BCUT2D eigenvalue weighted by Gasteiger charge is 2.57. The van der Waals surface area contributed by atoms with Gasteiger partial charge >= 0.3 is 5.97 Å². The van der Waals surface area contributed by atoms with Crippen molar-refractivity contribution in [1.29, 1.82) is 0 Å². The summed E-state index contributed by atoms with van der Waals surface area (Å²) >= 11 is 0. The number of ether oxygens (including phenoxy) is 3. The maximum atomic E-state index is 12.7. The van der Waals surface area contributed by atoms with Crippen LogP contribution in [0.3, 0.4) is 0 Å². The fourth-order valence-electron chi connectivity index (χ4n) is 5.89. The summed E-state index contributed by atoms with van der Waals surface area (Å²) in [6.45, 7) is 3.65. The van der Waals surface area contributed by atoms with Gasteiger partial charge in [-0.2, -0.15) is 0 Å². The van der Waals surface area contributed by atoms with Crippen LogP contribution in [0, 0.1) is 17.8 Å². The van der Waals surface area contributed by atoms with Gasteiger partial charge in [0.2, 0.25) is 0 Å². The molecule has 2 fully saturated rings. The van der Waals surface area contributed by atoms with Crippen LogP contribution < -0.4 is 0 Å². The molecule has 156 valence electrons. The van der Waals surface area contributed by atoms with E-state index in [4.69, 9.17) is 14.2 Å². The number of carbonyl (C=O) groups is 1. The second-order valence-corrected chi connectivity index (χ2v) is 8.48. The van der Waals surface area contributed by atoms with E-state index in [1.54, 1.807) is 0 Å². The summed E-state index contributed by atoms with van der Waals surface area (Å²) in [6.07, 6.45) is -0.624. The number of aromatic amines is 1. The van der Waals surface area contributed by atoms with Crippen LogP contribution in [0.15, 0.2) is 24.3 Å². The van der Waals surface area contributed by atoms with Crippen LogP contribution in [-0.4, -0.2) is 66.8 Å². The number of aromatic nitrogens is 1. The number of hydrogen-bond acceptors (Lipinski definition) is 6. The summed E-state index contributed by atoms with van der Waals surface area (Å²) in [6, 6.07) is 8.10. The Hall–Kier alpha value is -1.93. The van der Waals surface area contributed by atoms with E-state index in [9.17, 15) is 9.90 Å². The van der Waals surface area contributed by atoms with Gasteiger partial charge in [-0.15, -0.1) is 0 Å². The van der Waals surface area contributed by atoms with Crippen molar-refractivity contribution in [3.63, 3.8) is 0 Å². The third-order valence-corrected chi connectivity index (χ3v) is 7.21. The minimum Gasteiger partial charge on any atom is -0.469 e. The monoisotopic (exact) mass is 400 g/mol. The molecule has 3 aliphatic rings. The summed E-state index contributed by atoms with van der Waals surface area (Å²) in [7, 11) is 2.91. The number of carbonyl (C=O) groups excluding carboxylic acids is 1. The van der Waals surface area contributed by atoms with Gasteiger partial charge in [0.15, 0.2) is 6.29 Å². The smallest absolute Gasteiger partial charge is 0.314 e. The Morgan fingerprint density at radius 2 is 2.10 bits per heavy atom. The molecule has 0 amide bonds. The zero-order valence-electron chi connectivity index (χ0n) is 17.0. The summed E-state index contributed by atoms with van der Waals surface area (Å²) in [5.74, 6) is -1.31. The van der Waals surface area contributed by atoms with Gasteiger partial charge < -0.3 is 24.3 Å². The van der Waals surface area contributed by atoms with Gasteiger partial charge in [0.25, 0.3) is 0 Å². The number of nitrogens with zero attached hydrogens (tertiary/aromatic N) is 1. The molecule has 7 atom stereocenters. The highest BCUT2D eigenvalue weighted by Crippen LogP contribution is 2.49. The molecule has 3 aliphatic heterocycles. The van der Waals surface area contributed by atoms with Crippen LogP contribution in [0.1, 0.15) is 24.2 Å². The van der Waals surface area contributed by atoms with E-state index in [0.29, 0.717) is 0 Å². The predicted octanol–water partition coefficient (Wildman–Crippen LogP) is 1.85. The third kappa shape index (κ3) is 2.75. The predicted molar refractivity (Wildman–Crippen MR) is 106 cm³/mol. The lowest BCUT2D eigenvalue weighted by atomic mass is 9.67. The van der Waals surface area contributed by atoms with Crippen LogP contribution in [0.2, 0.25) is 0 Å². The van der Waals surface area contributed by atoms with Crippen LogP contribution in [0.25, 0.3) is 10.9 Å². The lowest BCUT2D eigenvalue weighted by Crippen LogP contribution is -2.63. The van der Waals surface area contributed by atoms with E-state index in [0.717, 1.165) is 30.7 Å². The molecule has 2 saturated heterocycles. The van der Waals surface area contributed by atoms with Gasteiger partial charge in [0.1, 0.15) is 5.92 Å². The molecule has 5 rings (SSSR count). The molecule has 0 saturated carbocycles. The standard InChI is InChI=1S/C22H28N2O5/c1-11-14-10-24-9-8-13-12-6-4-5-7-15(12)23-18(13)19(24)20(25)16(14)17(21(26)27-2)22(28-3)29-11/h4-7,11,14,16-17,19-20,22-23,25H,8-10H2,1-3H3/t11-,14+,16+,17+,19+,20+,22+/m1/s1. The average molecular weight is 400 g/mol. The maximum absolute atomic E-state index is 12.7. The van der Waals surface area contributed by atoms with Crippen LogP contribution in [-0.2, 0) is 25.4 Å². The van der Waals surface area contributed by atoms with E-state index in [1.807, 2.05) is 19.1 Å². The molecule has 0 aliphatic carbocycles. The molecule has 7 nitrogen and oxygen atoms in total. The van der Waals surface area contributed by atoms with Gasteiger partial charge in [0.05, 0.1) is 25.4 Å². The number of H-pyrrole nitrogens is 1. The summed E-state index contributed by atoms with van der Waals surface area (Å²) in [4.78, 5) is 18.6. The largest absolute Gasteiger partial charge is 0.469 e. The molecule has 0 spiro atoms. The van der Waals surface area contributed by atoms with Gasteiger partial charge in [-0.25, -0.2) is 0 Å². The SMILES string of the molecule is COC(=O)[C@H]1[C@@H](OC)O[C@H](C)[C@@H]2CN3CCc4c([nH]c5ccccc45)[C@H]3[C@@H](O)[C@@H]21. The van der Waals surface area contributed by atoms with Gasteiger partial charge in [-0.05, 0) is 25.0 Å². The Labute approximate surface area is 169 Å². The number of methoxy groups -OCH3 is 2. The minimum atomic E-state index is -0.728. The number of para-hydroxylation sites is 1. The number of aliphatic hydroxyl groups excluding tert-OH is 1. The van der Waals surface area contributed by atoms with E-state index < -0.39 is 18.3 Å². The van der Waals surface area contributed by atoms with Gasteiger partial charge in [-0.1, -0.05) is 18.2 Å².